The van der Waals surface area contributed by atoms with Crippen LogP contribution in [0.3, 0.4) is 0 Å². The number of ether oxygens (including phenoxy) is 4. The van der Waals surface area contributed by atoms with Crippen LogP contribution in [-0.4, -0.2) is 54.3 Å². The summed E-state index contributed by atoms with van der Waals surface area (Å²) in [6.07, 6.45) is -1.28. The minimum atomic E-state index is -0.659. The summed E-state index contributed by atoms with van der Waals surface area (Å²) in [5, 5.41) is 11.4. The fourth-order valence-corrected chi connectivity index (χ4v) is 3.05. The van der Waals surface area contributed by atoms with Gasteiger partial charge in [-0.05, 0) is 19.4 Å². The van der Waals surface area contributed by atoms with Crippen molar-refractivity contribution in [1.82, 2.24) is 5.06 Å². The second-order valence-corrected chi connectivity index (χ2v) is 6.18. The first-order chi connectivity index (χ1) is 10.5. The first-order valence-electron chi connectivity index (χ1n) is 7.50. The highest BCUT2D eigenvalue weighted by molar-refractivity contribution is 5.14. The summed E-state index contributed by atoms with van der Waals surface area (Å²) < 4.78 is 22.9. The Labute approximate surface area is 130 Å². The van der Waals surface area contributed by atoms with Crippen molar-refractivity contribution in [3.63, 3.8) is 0 Å². The molecular weight excluding hydrogens is 286 g/mol. The monoisotopic (exact) mass is 309 g/mol. The van der Waals surface area contributed by atoms with E-state index in [1.54, 1.807) is 7.11 Å². The van der Waals surface area contributed by atoms with Crippen LogP contribution in [0, 0.1) is 0 Å². The van der Waals surface area contributed by atoms with Gasteiger partial charge >= 0.3 is 0 Å². The number of benzene rings is 1. The minimum Gasteiger partial charge on any atom is -0.353 e. The van der Waals surface area contributed by atoms with Crippen molar-refractivity contribution in [2.45, 2.75) is 50.8 Å². The molecule has 22 heavy (non-hydrogen) atoms. The molecule has 0 spiro atoms. The van der Waals surface area contributed by atoms with E-state index in [0.717, 1.165) is 5.56 Å². The Morgan fingerprint density at radius 2 is 1.86 bits per heavy atom. The van der Waals surface area contributed by atoms with E-state index < -0.39 is 12.1 Å². The van der Waals surface area contributed by atoms with E-state index in [-0.39, 0.29) is 18.3 Å². The first-order valence-corrected chi connectivity index (χ1v) is 7.50. The minimum absolute atomic E-state index is 0.245. The maximum Gasteiger partial charge on any atom is 0.186 e. The molecule has 0 unspecified atom stereocenters. The third kappa shape index (κ3) is 3.32. The van der Waals surface area contributed by atoms with Gasteiger partial charge < -0.3 is 24.2 Å². The number of fused-ring (bicyclic) bond motifs is 1. The smallest absolute Gasteiger partial charge is 0.186 e. The molecule has 0 amide bonds. The van der Waals surface area contributed by atoms with Crippen LogP contribution in [0.15, 0.2) is 30.3 Å². The number of methoxy groups -OCH3 is 1. The van der Waals surface area contributed by atoms with E-state index >= 15 is 0 Å². The molecule has 6 heteroatoms. The molecule has 2 fully saturated rings. The summed E-state index contributed by atoms with van der Waals surface area (Å²) in [5.74, 6) is -0.659. The molecule has 6 nitrogen and oxygen atoms in total. The molecule has 1 aromatic carbocycles. The van der Waals surface area contributed by atoms with E-state index in [1.165, 1.54) is 5.06 Å². The fraction of sp³-hybridized carbons (Fsp3) is 0.625. The highest BCUT2D eigenvalue weighted by atomic mass is 16.8. The van der Waals surface area contributed by atoms with Crippen LogP contribution in [0.2, 0.25) is 0 Å². The summed E-state index contributed by atoms with van der Waals surface area (Å²) in [7, 11) is 1.58. The number of hydrogen-bond acceptors (Lipinski definition) is 6. The van der Waals surface area contributed by atoms with E-state index in [9.17, 15) is 5.21 Å². The Morgan fingerprint density at radius 1 is 1.18 bits per heavy atom. The molecule has 0 aromatic heterocycles. The lowest BCUT2D eigenvalue weighted by Crippen LogP contribution is -2.38. The third-order valence-electron chi connectivity index (χ3n) is 3.94. The third-order valence-corrected chi connectivity index (χ3v) is 3.94. The Morgan fingerprint density at radius 3 is 2.55 bits per heavy atom. The average Bonchev–Trinajstić information content (AvgIpc) is 2.94. The summed E-state index contributed by atoms with van der Waals surface area (Å²) in [4.78, 5) is 0. The largest absolute Gasteiger partial charge is 0.353 e. The summed E-state index contributed by atoms with van der Waals surface area (Å²) in [5.41, 5.74) is 1.03. The molecule has 2 heterocycles. The Hall–Kier alpha value is -1.02. The summed E-state index contributed by atoms with van der Waals surface area (Å²) in [6, 6.07) is 9.78. The number of hydroxylamine groups is 2. The highest BCUT2D eigenvalue weighted by Crippen LogP contribution is 2.39. The lowest BCUT2D eigenvalue weighted by Gasteiger charge is -2.25. The van der Waals surface area contributed by atoms with E-state index in [4.69, 9.17) is 18.9 Å². The maximum atomic E-state index is 10.2. The van der Waals surface area contributed by atoms with Crippen LogP contribution in [0.5, 0.6) is 0 Å². The zero-order valence-electron chi connectivity index (χ0n) is 13.1. The second-order valence-electron chi connectivity index (χ2n) is 6.18. The zero-order valence-corrected chi connectivity index (χ0v) is 13.1. The standard InChI is InChI=1S/C16H23NO5/c1-16(2)21-13-12(20-15(19-3)14(13)22-16)10-17(18)9-11-7-5-4-6-8-11/h4-8,12-15,18H,9-10H2,1-3H3/t12-,13-,14-,15-/m1/s1. The Bertz CT molecular complexity index is 495. The van der Waals surface area contributed by atoms with Crippen LogP contribution in [0.4, 0.5) is 0 Å². The van der Waals surface area contributed by atoms with Crippen LogP contribution >= 0.6 is 0 Å². The van der Waals surface area contributed by atoms with Gasteiger partial charge in [0.05, 0.1) is 6.54 Å². The van der Waals surface area contributed by atoms with Gasteiger partial charge in [0.1, 0.15) is 18.3 Å². The van der Waals surface area contributed by atoms with Crippen LogP contribution in [-0.2, 0) is 25.5 Å². The van der Waals surface area contributed by atoms with Gasteiger partial charge in [0, 0.05) is 13.7 Å². The number of rotatable bonds is 5. The van der Waals surface area contributed by atoms with Gasteiger partial charge in [-0.1, -0.05) is 30.3 Å². The summed E-state index contributed by atoms with van der Waals surface area (Å²) in [6.45, 7) is 4.50. The van der Waals surface area contributed by atoms with Crippen molar-refractivity contribution in [3.05, 3.63) is 35.9 Å². The topological polar surface area (TPSA) is 60.4 Å². The molecule has 4 atom stereocenters. The van der Waals surface area contributed by atoms with Crippen LogP contribution < -0.4 is 0 Å². The molecule has 0 saturated carbocycles. The maximum absolute atomic E-state index is 10.2. The number of hydrogen-bond donors (Lipinski definition) is 1. The molecule has 1 aromatic rings. The van der Waals surface area contributed by atoms with Crippen molar-refractivity contribution < 1.29 is 24.2 Å². The average molecular weight is 309 g/mol. The molecule has 0 radical (unpaired) electrons. The van der Waals surface area contributed by atoms with Gasteiger partial charge in [-0.15, -0.1) is 0 Å². The van der Waals surface area contributed by atoms with Crippen molar-refractivity contribution in [2.24, 2.45) is 0 Å². The molecule has 1 N–H and O–H groups in total. The Kier molecular flexibility index (Phi) is 4.49. The van der Waals surface area contributed by atoms with Crippen molar-refractivity contribution in [3.8, 4) is 0 Å². The van der Waals surface area contributed by atoms with Crippen molar-refractivity contribution in [1.29, 1.82) is 0 Å². The SMILES string of the molecule is CO[C@@H]1O[C@H](CN(O)Cc2ccccc2)[C@H]2OC(C)(C)O[C@@H]12. The molecule has 0 bridgehead atoms. The molecule has 2 saturated heterocycles. The van der Waals surface area contributed by atoms with Gasteiger partial charge in [0.25, 0.3) is 0 Å². The molecular formula is C16H23NO5. The van der Waals surface area contributed by atoms with E-state index in [1.807, 2.05) is 44.2 Å². The van der Waals surface area contributed by atoms with E-state index in [0.29, 0.717) is 13.1 Å². The quantitative estimate of drug-likeness (QED) is 0.837. The van der Waals surface area contributed by atoms with E-state index in [2.05, 4.69) is 0 Å². The lowest BCUT2D eigenvalue weighted by atomic mass is 10.1. The lowest BCUT2D eigenvalue weighted by molar-refractivity contribution is -0.237. The van der Waals surface area contributed by atoms with Crippen molar-refractivity contribution in [2.75, 3.05) is 13.7 Å². The van der Waals surface area contributed by atoms with Gasteiger partial charge in [-0.25, -0.2) is 0 Å². The normalized spacial score (nSPS) is 33.3. The Balaban J connectivity index is 1.62. The van der Waals surface area contributed by atoms with Gasteiger partial charge in [-0.3, -0.25) is 0 Å². The molecule has 3 rings (SSSR count). The zero-order chi connectivity index (χ0) is 15.7. The number of nitrogens with zero attached hydrogens (tertiary/aromatic N) is 1. The van der Waals surface area contributed by atoms with Crippen LogP contribution in [0.1, 0.15) is 19.4 Å². The predicted octanol–water partition coefficient (Wildman–Crippen LogP) is 1.77. The molecule has 0 aliphatic carbocycles. The van der Waals surface area contributed by atoms with Gasteiger partial charge in [0.15, 0.2) is 12.1 Å². The van der Waals surface area contributed by atoms with Gasteiger partial charge in [-0.2, -0.15) is 5.06 Å². The van der Waals surface area contributed by atoms with Gasteiger partial charge in [0.2, 0.25) is 0 Å². The fourth-order valence-electron chi connectivity index (χ4n) is 3.05. The second kappa shape index (κ2) is 6.23. The summed E-state index contributed by atoms with van der Waals surface area (Å²) >= 11 is 0. The molecule has 2 aliphatic heterocycles. The van der Waals surface area contributed by atoms with Crippen molar-refractivity contribution >= 4 is 0 Å². The molecule has 2 aliphatic rings. The predicted molar refractivity (Wildman–Crippen MR) is 78.1 cm³/mol. The van der Waals surface area contributed by atoms with Crippen LogP contribution in [0.25, 0.3) is 0 Å². The molecule has 122 valence electrons. The highest BCUT2D eigenvalue weighted by Gasteiger charge is 2.55. The first kappa shape index (κ1) is 15.9.